The van der Waals surface area contributed by atoms with Gasteiger partial charge in [0.2, 0.25) is 0 Å². The van der Waals surface area contributed by atoms with Gasteiger partial charge in [0.25, 0.3) is 5.69 Å². The highest BCUT2D eigenvalue weighted by Crippen LogP contribution is 2.42. The van der Waals surface area contributed by atoms with E-state index in [9.17, 15) is 25.3 Å². The quantitative estimate of drug-likeness (QED) is 0.174. The number of rotatable bonds is 8. The molecule has 3 rings (SSSR count). The van der Waals surface area contributed by atoms with Gasteiger partial charge in [-0.3, -0.25) is 10.1 Å². The number of hydrogen-bond donors (Lipinski definition) is 2. The van der Waals surface area contributed by atoms with Crippen LogP contribution in [0.25, 0.3) is 0 Å². The number of esters is 1. The van der Waals surface area contributed by atoms with Crippen molar-refractivity contribution in [2.24, 2.45) is 10.3 Å². The Morgan fingerprint density at radius 2 is 1.67 bits per heavy atom. The number of nitro groups is 1. The molecule has 0 aliphatic heterocycles. The molecule has 11 heteroatoms. The molecule has 36 heavy (non-hydrogen) atoms. The summed E-state index contributed by atoms with van der Waals surface area (Å²) in [7, 11) is 2.83. The molecule has 2 N–H and O–H groups in total. The van der Waals surface area contributed by atoms with E-state index >= 15 is 0 Å². The Kier molecular flexibility index (Phi) is 8.05. The van der Waals surface area contributed by atoms with Gasteiger partial charge in [-0.05, 0) is 44.2 Å². The molecule has 1 atom stereocenters. The Morgan fingerprint density at radius 3 is 2.17 bits per heavy atom. The fourth-order valence-corrected chi connectivity index (χ4v) is 3.77. The summed E-state index contributed by atoms with van der Waals surface area (Å²) in [4.78, 5) is 23.4. The molecule has 2 aromatic carbocycles. The SMILES string of the molecule is COc1cc([C@@H](CC=C(C)C)OC(=O)c2ccc([N+](=O)[O-])cc2)c(OC)c2c1C(=NO)C=CC2=NO. The number of nitro benzene ring substituents is 1. The zero-order valence-electron chi connectivity index (χ0n) is 20.1. The van der Waals surface area contributed by atoms with E-state index in [1.807, 2.05) is 19.9 Å². The van der Waals surface area contributed by atoms with Crippen LogP contribution in [0.2, 0.25) is 0 Å². The van der Waals surface area contributed by atoms with Crippen molar-refractivity contribution in [1.82, 2.24) is 0 Å². The molecular weight excluding hydrogens is 470 g/mol. The smallest absolute Gasteiger partial charge is 0.338 e. The highest BCUT2D eigenvalue weighted by Gasteiger charge is 2.32. The number of carbonyl (C=O) groups excluding carboxylic acids is 1. The molecule has 2 aromatic rings. The molecular formula is C25H25N3O8. The number of oxime groups is 2. The molecule has 0 fully saturated rings. The third-order valence-corrected chi connectivity index (χ3v) is 5.47. The van der Waals surface area contributed by atoms with Crippen molar-refractivity contribution in [2.45, 2.75) is 26.4 Å². The van der Waals surface area contributed by atoms with Crippen molar-refractivity contribution in [2.75, 3.05) is 14.2 Å². The van der Waals surface area contributed by atoms with Crippen LogP contribution < -0.4 is 9.47 Å². The molecule has 11 nitrogen and oxygen atoms in total. The van der Waals surface area contributed by atoms with Gasteiger partial charge < -0.3 is 24.6 Å². The first-order chi connectivity index (χ1) is 17.2. The minimum Gasteiger partial charge on any atom is -0.496 e. The van der Waals surface area contributed by atoms with Crippen molar-refractivity contribution in [3.63, 3.8) is 0 Å². The number of nitrogens with zero attached hydrogens (tertiary/aromatic N) is 3. The van der Waals surface area contributed by atoms with Crippen LogP contribution >= 0.6 is 0 Å². The van der Waals surface area contributed by atoms with Gasteiger partial charge in [-0.1, -0.05) is 22.0 Å². The van der Waals surface area contributed by atoms with Crippen molar-refractivity contribution in [3.8, 4) is 11.5 Å². The third kappa shape index (κ3) is 5.19. The standard InChI is InChI=1S/C25H25N3O8/c1-14(2)5-12-20(36-25(29)15-6-8-16(9-7-15)28(32)33)17-13-21(34-3)22-18(26-30)10-11-19(27-31)23(22)24(17)35-4/h5-11,13,20,30-31H,12H2,1-4H3/t20-/m1/s1. The molecule has 0 spiro atoms. The van der Waals surface area contributed by atoms with Crippen molar-refractivity contribution < 1.29 is 34.3 Å². The zero-order chi connectivity index (χ0) is 26.4. The average Bonchev–Trinajstić information content (AvgIpc) is 2.89. The van der Waals surface area contributed by atoms with Gasteiger partial charge in [0.15, 0.2) is 0 Å². The van der Waals surface area contributed by atoms with Crippen LogP contribution in [0.4, 0.5) is 5.69 Å². The maximum atomic E-state index is 13.0. The summed E-state index contributed by atoms with van der Waals surface area (Å²) in [6, 6.07) is 6.67. The van der Waals surface area contributed by atoms with Crippen LogP contribution in [0, 0.1) is 10.1 Å². The molecule has 0 saturated heterocycles. The molecule has 0 aromatic heterocycles. The van der Waals surface area contributed by atoms with Gasteiger partial charge >= 0.3 is 5.97 Å². The van der Waals surface area contributed by atoms with Crippen LogP contribution in [0.5, 0.6) is 11.5 Å². The predicted octanol–water partition coefficient (Wildman–Crippen LogP) is 4.79. The molecule has 0 unspecified atom stereocenters. The van der Waals surface area contributed by atoms with E-state index in [1.165, 1.54) is 50.6 Å². The highest BCUT2D eigenvalue weighted by molar-refractivity contribution is 6.27. The first-order valence-corrected chi connectivity index (χ1v) is 10.8. The van der Waals surface area contributed by atoms with E-state index in [0.717, 1.165) is 5.57 Å². The summed E-state index contributed by atoms with van der Waals surface area (Å²) in [5.41, 5.74) is 2.26. The summed E-state index contributed by atoms with van der Waals surface area (Å²) in [5.74, 6) is -0.204. The number of non-ortho nitro benzene ring substituents is 1. The van der Waals surface area contributed by atoms with Gasteiger partial charge in [0.05, 0.1) is 35.8 Å². The molecule has 0 saturated carbocycles. The number of hydrogen-bond acceptors (Lipinski definition) is 10. The molecule has 0 radical (unpaired) electrons. The number of benzene rings is 2. The minimum atomic E-state index is -0.878. The van der Waals surface area contributed by atoms with E-state index in [4.69, 9.17) is 14.2 Å². The largest absolute Gasteiger partial charge is 0.496 e. The van der Waals surface area contributed by atoms with E-state index in [2.05, 4.69) is 10.3 Å². The monoisotopic (exact) mass is 495 g/mol. The Morgan fingerprint density at radius 1 is 1.06 bits per heavy atom. The zero-order valence-corrected chi connectivity index (χ0v) is 20.1. The fourth-order valence-electron chi connectivity index (χ4n) is 3.77. The van der Waals surface area contributed by atoms with Crippen molar-refractivity contribution in [3.05, 3.63) is 86.5 Å². The second-order valence-corrected chi connectivity index (χ2v) is 7.97. The summed E-state index contributed by atoms with van der Waals surface area (Å²) < 4.78 is 17.1. The lowest BCUT2D eigenvalue weighted by Crippen LogP contribution is -2.20. The predicted molar refractivity (Wildman–Crippen MR) is 131 cm³/mol. The van der Waals surface area contributed by atoms with E-state index in [1.54, 1.807) is 6.07 Å². The van der Waals surface area contributed by atoms with E-state index in [0.29, 0.717) is 16.7 Å². The Balaban J connectivity index is 2.16. The van der Waals surface area contributed by atoms with Gasteiger partial charge in [-0.25, -0.2) is 4.79 Å². The van der Waals surface area contributed by atoms with Crippen LogP contribution in [0.1, 0.15) is 53.4 Å². The first kappa shape index (κ1) is 25.9. The first-order valence-electron chi connectivity index (χ1n) is 10.8. The molecule has 1 aliphatic rings. The molecule has 1 aliphatic carbocycles. The number of methoxy groups -OCH3 is 2. The van der Waals surface area contributed by atoms with Crippen molar-refractivity contribution in [1.29, 1.82) is 0 Å². The topological polar surface area (TPSA) is 153 Å². The summed E-state index contributed by atoms with van der Waals surface area (Å²) in [6.45, 7) is 3.79. The lowest BCUT2D eigenvalue weighted by Gasteiger charge is -2.26. The maximum absolute atomic E-state index is 13.0. The summed E-state index contributed by atoms with van der Waals surface area (Å²) in [6.07, 6.45) is 4.16. The maximum Gasteiger partial charge on any atom is 0.338 e. The lowest BCUT2D eigenvalue weighted by molar-refractivity contribution is -0.384. The molecule has 0 amide bonds. The van der Waals surface area contributed by atoms with Gasteiger partial charge in [-0.15, -0.1) is 0 Å². The van der Waals surface area contributed by atoms with E-state index < -0.39 is 17.0 Å². The summed E-state index contributed by atoms with van der Waals surface area (Å²) in [5, 5.41) is 36.7. The van der Waals surface area contributed by atoms with Gasteiger partial charge in [-0.2, -0.15) is 0 Å². The van der Waals surface area contributed by atoms with Crippen molar-refractivity contribution >= 4 is 23.1 Å². The number of ether oxygens (including phenoxy) is 3. The third-order valence-electron chi connectivity index (χ3n) is 5.47. The Hall–Kier alpha value is -4.67. The van der Waals surface area contributed by atoms with Crippen LogP contribution in [0.15, 0.2) is 64.4 Å². The van der Waals surface area contributed by atoms with Gasteiger partial charge in [0, 0.05) is 24.1 Å². The number of carbonyl (C=O) groups is 1. The molecule has 0 heterocycles. The highest BCUT2D eigenvalue weighted by atomic mass is 16.6. The normalized spacial score (nSPS) is 15.2. The summed E-state index contributed by atoms with van der Waals surface area (Å²) >= 11 is 0. The van der Waals surface area contributed by atoms with Crippen LogP contribution in [0.3, 0.4) is 0 Å². The second kappa shape index (κ2) is 11.2. The number of fused-ring (bicyclic) bond motifs is 1. The fraction of sp³-hybridized carbons (Fsp3) is 0.240. The number of allylic oxidation sites excluding steroid dienone is 3. The van der Waals surface area contributed by atoms with Crippen LogP contribution in [-0.4, -0.2) is 47.0 Å². The molecule has 188 valence electrons. The Labute approximate surface area is 206 Å². The average molecular weight is 495 g/mol. The second-order valence-electron chi connectivity index (χ2n) is 7.97. The van der Waals surface area contributed by atoms with Gasteiger partial charge in [0.1, 0.15) is 29.0 Å². The Bertz CT molecular complexity index is 1290. The molecule has 0 bridgehead atoms. The van der Waals surface area contributed by atoms with Crippen LogP contribution in [-0.2, 0) is 4.74 Å². The lowest BCUT2D eigenvalue weighted by atomic mass is 9.88. The minimum absolute atomic E-state index is 0.122. The van der Waals surface area contributed by atoms with E-state index in [-0.39, 0.29) is 40.6 Å².